The van der Waals surface area contributed by atoms with Crippen molar-refractivity contribution in [2.24, 2.45) is 0 Å². The number of aromatic nitrogens is 7. The van der Waals surface area contributed by atoms with E-state index < -0.39 is 5.41 Å². The van der Waals surface area contributed by atoms with Gasteiger partial charge in [-0.15, -0.1) is 0 Å². The molecule has 0 unspecified atom stereocenters. The average molecular weight is 1530 g/mol. The van der Waals surface area contributed by atoms with Crippen LogP contribution in [-0.2, 0) is 16.2 Å². The lowest BCUT2D eigenvalue weighted by atomic mass is 9.67. The van der Waals surface area contributed by atoms with E-state index in [1.807, 2.05) is 18.3 Å². The molecule has 0 saturated carbocycles. The van der Waals surface area contributed by atoms with Crippen molar-refractivity contribution >= 4 is 86.7 Å². The predicted molar refractivity (Wildman–Crippen MR) is 497 cm³/mol. The quantitative estimate of drug-likeness (QED) is 0.142. The third-order valence-corrected chi connectivity index (χ3v) is 25.9. The molecule has 0 atom stereocenters. The van der Waals surface area contributed by atoms with Crippen LogP contribution < -0.4 is 0 Å². The number of hydrogen-bond donors (Lipinski definition) is 0. The van der Waals surface area contributed by atoms with Crippen LogP contribution in [0.15, 0.2) is 407 Å². The highest BCUT2D eigenvalue weighted by molar-refractivity contribution is 6.26. The zero-order valence-electron chi connectivity index (χ0n) is 66.8. The van der Waals surface area contributed by atoms with E-state index in [4.69, 9.17) is 19.9 Å². The molecule has 566 valence electrons. The normalized spacial score (nSPS) is 13.5. The summed E-state index contributed by atoms with van der Waals surface area (Å²) >= 11 is 0. The minimum absolute atomic E-state index is 0.0451. The Labute approximate surface area is 695 Å². The third kappa shape index (κ3) is 10.6. The Hall–Kier alpha value is -15.2. The molecule has 0 spiro atoms. The Kier molecular flexibility index (Phi) is 16.1. The predicted octanol–water partition coefficient (Wildman–Crippen LogP) is 28.2. The summed E-state index contributed by atoms with van der Waals surface area (Å²) in [6, 6.07) is 144. The minimum Gasteiger partial charge on any atom is -0.309 e. The van der Waals surface area contributed by atoms with Crippen molar-refractivity contribution in [2.45, 2.75) is 43.9 Å². The Morgan fingerprint density at radius 3 is 1.23 bits per heavy atom. The van der Waals surface area contributed by atoms with Gasteiger partial charge in [0.1, 0.15) is 0 Å². The lowest BCUT2D eigenvalue weighted by Gasteiger charge is -2.33. The molecule has 7 heteroatoms. The van der Waals surface area contributed by atoms with E-state index >= 15 is 0 Å². The van der Waals surface area contributed by atoms with Crippen molar-refractivity contribution in [3.05, 3.63) is 451 Å². The topological polar surface area (TPSA) is 66.3 Å². The molecule has 5 heterocycles. The van der Waals surface area contributed by atoms with Gasteiger partial charge >= 0.3 is 0 Å². The summed E-state index contributed by atoms with van der Waals surface area (Å²) < 4.78 is 7.07. The number of rotatable bonds is 8. The molecule has 0 N–H and O–H groups in total. The largest absolute Gasteiger partial charge is 0.309 e. The van der Waals surface area contributed by atoms with Gasteiger partial charge in [0.15, 0.2) is 0 Å². The molecule has 5 aromatic heterocycles. The molecule has 0 amide bonds. The van der Waals surface area contributed by atoms with Gasteiger partial charge in [-0.05, 0) is 142 Å². The van der Waals surface area contributed by atoms with Crippen molar-refractivity contribution in [2.75, 3.05) is 0 Å². The van der Waals surface area contributed by atoms with Gasteiger partial charge in [0.2, 0.25) is 11.9 Å². The van der Waals surface area contributed by atoms with Gasteiger partial charge in [-0.25, -0.2) is 19.9 Å². The van der Waals surface area contributed by atoms with Crippen molar-refractivity contribution in [3.8, 4) is 85.0 Å². The molecule has 0 fully saturated rings. The summed E-state index contributed by atoms with van der Waals surface area (Å²) in [4.78, 5) is 20.8. The molecule has 0 bridgehead atoms. The van der Waals surface area contributed by atoms with Crippen LogP contribution in [0, 0.1) is 0 Å². The van der Waals surface area contributed by atoms with Gasteiger partial charge in [-0.1, -0.05) is 380 Å². The van der Waals surface area contributed by atoms with Gasteiger partial charge in [0, 0.05) is 77.6 Å². The standard InChI is InChI=1S/C41H27N3.C37H27N3.C35H25N/c1-4-15-28(16-5-1)31-23-14-25-36-34(31)27-42-40(43-36)44-37-26-13-11-22-33(37)38-39(44)32-21-10-12-24-35(32)41(38,29-17-6-2-7-18-29)30-19-8-3-9-20-30;1-37(2)30-18-10-8-16-28(30)35-34(37)29-17-9-11-19-33(29)40(35)36-38-31(25-13-4-3-5-14-25)23-32(39-36)27-21-20-24-12-6-7-15-26(24)22-27;1-35(2)31-17-9-7-15-28(31)34-33(35)29-16-8-10-18-32(29)36(34)22-19-20-27-25-13-4-3-11-23(25)24-12-5-6-14-26(24)30(27)21-22/h1-27H;3-23H,1-2H3;3-21H,1-2H3. The Morgan fingerprint density at radius 1 is 0.242 bits per heavy atom. The summed E-state index contributed by atoms with van der Waals surface area (Å²) in [6.07, 6.45) is 1.99. The van der Waals surface area contributed by atoms with Crippen LogP contribution in [0.4, 0.5) is 0 Å². The van der Waals surface area contributed by atoms with Crippen molar-refractivity contribution in [1.82, 2.24) is 33.6 Å². The van der Waals surface area contributed by atoms with E-state index in [-0.39, 0.29) is 10.8 Å². The van der Waals surface area contributed by atoms with Crippen LogP contribution in [0.1, 0.15) is 72.2 Å². The van der Waals surface area contributed by atoms with E-state index in [0.29, 0.717) is 11.9 Å². The van der Waals surface area contributed by atoms with Gasteiger partial charge < -0.3 is 4.57 Å². The fourth-order valence-electron chi connectivity index (χ4n) is 20.7. The van der Waals surface area contributed by atoms with Crippen LogP contribution in [0.2, 0.25) is 0 Å². The van der Waals surface area contributed by atoms with Crippen LogP contribution in [0.25, 0.3) is 172 Å². The Bertz CT molecular complexity index is 7830. The summed E-state index contributed by atoms with van der Waals surface area (Å²) in [5.41, 5.74) is 29.2. The molecular formula is C113H79N7. The number of benzene rings is 17. The molecule has 0 aliphatic heterocycles. The smallest absolute Gasteiger partial charge is 0.235 e. The first-order valence-corrected chi connectivity index (χ1v) is 41.5. The molecule has 7 nitrogen and oxygen atoms in total. The first kappa shape index (κ1) is 70.2. The molecule has 22 aromatic rings. The van der Waals surface area contributed by atoms with E-state index in [9.17, 15) is 0 Å². The fourth-order valence-corrected chi connectivity index (χ4v) is 20.7. The lowest BCUT2D eigenvalue weighted by Crippen LogP contribution is -2.28. The maximum atomic E-state index is 5.28. The highest BCUT2D eigenvalue weighted by atomic mass is 15.2. The highest BCUT2D eigenvalue weighted by Crippen LogP contribution is 2.61. The average Bonchev–Trinajstić information content (AvgIpc) is 1.52. The van der Waals surface area contributed by atoms with E-state index in [0.717, 1.165) is 61.3 Å². The summed E-state index contributed by atoms with van der Waals surface area (Å²) in [6.45, 7) is 9.40. The van der Waals surface area contributed by atoms with E-state index in [1.54, 1.807) is 0 Å². The minimum atomic E-state index is -0.503. The molecule has 17 aromatic carbocycles. The molecule has 120 heavy (non-hydrogen) atoms. The first-order chi connectivity index (χ1) is 59.1. The highest BCUT2D eigenvalue weighted by Gasteiger charge is 2.50. The first-order valence-electron chi connectivity index (χ1n) is 41.5. The second-order valence-corrected chi connectivity index (χ2v) is 33.1. The third-order valence-electron chi connectivity index (χ3n) is 25.9. The number of fused-ring (bicyclic) bond motifs is 23. The Balaban J connectivity index is 0.000000106. The lowest BCUT2D eigenvalue weighted by molar-refractivity contribution is 0.666. The second kappa shape index (κ2) is 27.5. The summed E-state index contributed by atoms with van der Waals surface area (Å²) in [7, 11) is 0. The molecule has 0 saturated heterocycles. The Morgan fingerprint density at radius 2 is 0.650 bits per heavy atom. The summed E-state index contributed by atoms with van der Waals surface area (Å²) in [5.74, 6) is 1.36. The zero-order chi connectivity index (χ0) is 80.0. The van der Waals surface area contributed by atoms with Crippen molar-refractivity contribution < 1.29 is 0 Å². The van der Waals surface area contributed by atoms with Crippen molar-refractivity contribution in [1.29, 1.82) is 0 Å². The zero-order valence-corrected chi connectivity index (χ0v) is 66.8. The maximum absolute atomic E-state index is 5.28. The number of hydrogen-bond acceptors (Lipinski definition) is 4. The van der Waals surface area contributed by atoms with Crippen molar-refractivity contribution in [3.63, 3.8) is 0 Å². The van der Waals surface area contributed by atoms with Crippen LogP contribution >= 0.6 is 0 Å². The maximum Gasteiger partial charge on any atom is 0.235 e. The van der Waals surface area contributed by atoms with Gasteiger partial charge in [-0.2, -0.15) is 0 Å². The molecule has 0 radical (unpaired) electrons. The fraction of sp³-hybridized carbons (Fsp3) is 0.0619. The van der Waals surface area contributed by atoms with E-state index in [2.05, 4.69) is 430 Å². The monoisotopic (exact) mass is 1530 g/mol. The molecular weight excluding hydrogens is 1460 g/mol. The van der Waals surface area contributed by atoms with Gasteiger partial charge in [0.25, 0.3) is 0 Å². The van der Waals surface area contributed by atoms with Crippen LogP contribution in [0.3, 0.4) is 0 Å². The number of para-hydroxylation sites is 3. The second-order valence-electron chi connectivity index (χ2n) is 33.1. The molecule has 3 aliphatic carbocycles. The number of nitrogens with zero attached hydrogens (tertiary/aromatic N) is 7. The molecule has 3 aliphatic rings. The SMILES string of the molecule is CC1(C)c2ccccc2-c2c1c1ccccc1n2-c1ccc2c3ccccc3c3ccccc3c2c1.CC1(C)c2ccccc2-c2c1c1ccccc1n2-c1nc(-c2ccccc2)cc(-c2ccc3ccccc3c2)n1.c1ccc(-c2cccc3nc(-n4c5c(c6ccccc64)C(c4ccccc4)(c4ccccc4)c4ccccc4-5)ncc23)cc1. The van der Waals surface area contributed by atoms with E-state index in [1.165, 1.54) is 143 Å². The van der Waals surface area contributed by atoms with Gasteiger partial charge in [-0.3, -0.25) is 9.13 Å². The van der Waals surface area contributed by atoms with Crippen LogP contribution in [-0.4, -0.2) is 33.6 Å². The summed E-state index contributed by atoms with van der Waals surface area (Å²) in [5, 5.41) is 15.1. The van der Waals surface area contributed by atoms with Crippen LogP contribution in [0.5, 0.6) is 0 Å². The van der Waals surface area contributed by atoms with Gasteiger partial charge in [0.05, 0.1) is 56.0 Å². The molecule has 25 rings (SSSR count).